The lowest BCUT2D eigenvalue weighted by Crippen LogP contribution is -2.19. The quantitative estimate of drug-likeness (QED) is 0.172. The molecule has 1 atom stereocenters. The Bertz CT molecular complexity index is 514. The van der Waals surface area contributed by atoms with Crippen molar-refractivity contribution in [3.63, 3.8) is 0 Å². The Labute approximate surface area is 184 Å². The number of hydrogen-bond acceptors (Lipinski definition) is 7. The van der Waals surface area contributed by atoms with Gasteiger partial charge in [-0.05, 0) is 12.8 Å². The van der Waals surface area contributed by atoms with Crippen molar-refractivity contribution in [2.45, 2.75) is 96.4 Å². The first-order valence-electron chi connectivity index (χ1n) is 11.6. The van der Waals surface area contributed by atoms with Crippen LogP contribution >= 0.6 is 12.6 Å². The molecule has 1 unspecified atom stereocenters. The van der Waals surface area contributed by atoms with Crippen LogP contribution in [-0.4, -0.2) is 33.8 Å². The Morgan fingerprint density at radius 1 is 0.793 bits per heavy atom. The Morgan fingerprint density at radius 2 is 1.28 bits per heavy atom. The van der Waals surface area contributed by atoms with Gasteiger partial charge in [-0.2, -0.15) is 27.6 Å². The number of aromatic nitrogens is 3. The van der Waals surface area contributed by atoms with E-state index >= 15 is 0 Å². The molecule has 0 spiro atoms. The number of anilines is 2. The van der Waals surface area contributed by atoms with Gasteiger partial charge in [-0.15, -0.1) is 0 Å². The second-order valence-electron chi connectivity index (χ2n) is 7.73. The number of nitrogens with two attached hydrogens (primary N) is 1. The van der Waals surface area contributed by atoms with E-state index in [4.69, 9.17) is 5.73 Å². The van der Waals surface area contributed by atoms with E-state index in [0.717, 1.165) is 25.9 Å². The molecule has 29 heavy (non-hydrogen) atoms. The highest BCUT2D eigenvalue weighted by molar-refractivity contribution is 7.80. The standard InChI is InChI=1S/C22H43N6S/c1-3-5-6-7-8-9-10-11-12-13-14-15-17-25-22-27-20(19(23)18-29)26-21(28-22)24-16-4-2/h19,29H,2-18,23H2,1H3,(H2,24,25,26,27,28). The first-order valence-corrected chi connectivity index (χ1v) is 12.2. The van der Waals surface area contributed by atoms with Gasteiger partial charge in [0, 0.05) is 18.8 Å². The minimum Gasteiger partial charge on any atom is -0.354 e. The van der Waals surface area contributed by atoms with Crippen LogP contribution in [0.1, 0.15) is 102 Å². The zero-order chi connectivity index (χ0) is 21.2. The third kappa shape index (κ3) is 13.0. The van der Waals surface area contributed by atoms with Crippen LogP contribution in [0.3, 0.4) is 0 Å². The Kier molecular flexibility index (Phi) is 15.9. The molecule has 0 bridgehead atoms. The monoisotopic (exact) mass is 423 g/mol. The molecule has 1 heterocycles. The summed E-state index contributed by atoms with van der Waals surface area (Å²) < 4.78 is 0. The van der Waals surface area contributed by atoms with Crippen LogP contribution in [0, 0.1) is 6.92 Å². The van der Waals surface area contributed by atoms with Crippen LogP contribution < -0.4 is 16.4 Å². The molecule has 6 nitrogen and oxygen atoms in total. The van der Waals surface area contributed by atoms with Gasteiger partial charge in [0.2, 0.25) is 11.9 Å². The maximum atomic E-state index is 6.04. The fraction of sp³-hybridized carbons (Fsp3) is 0.818. The van der Waals surface area contributed by atoms with E-state index in [2.05, 4.69) is 52.1 Å². The summed E-state index contributed by atoms with van der Waals surface area (Å²) in [6, 6.07) is -0.297. The predicted octanol–water partition coefficient (Wildman–Crippen LogP) is 5.55. The topological polar surface area (TPSA) is 88.8 Å². The second kappa shape index (κ2) is 17.8. The third-order valence-corrected chi connectivity index (χ3v) is 5.35. The fourth-order valence-electron chi connectivity index (χ4n) is 3.16. The maximum Gasteiger partial charge on any atom is 0.227 e. The minimum atomic E-state index is -0.297. The number of hydrogen-bond donors (Lipinski definition) is 4. The summed E-state index contributed by atoms with van der Waals surface area (Å²) in [5.74, 6) is 2.20. The molecule has 167 valence electrons. The average Bonchev–Trinajstić information content (AvgIpc) is 2.74. The lowest BCUT2D eigenvalue weighted by Gasteiger charge is -2.12. The fourth-order valence-corrected chi connectivity index (χ4v) is 3.33. The molecule has 0 saturated carbocycles. The first-order chi connectivity index (χ1) is 14.2. The molecule has 0 aliphatic heterocycles. The SMILES string of the molecule is [CH2]CCNc1nc(NCCCCCCCCCCCCCC)nc(C(N)CS)n1. The Morgan fingerprint density at radius 3 is 1.76 bits per heavy atom. The lowest BCUT2D eigenvalue weighted by molar-refractivity contribution is 0.546. The summed E-state index contributed by atoms with van der Waals surface area (Å²) in [6.07, 6.45) is 17.0. The molecule has 1 aromatic heterocycles. The van der Waals surface area contributed by atoms with Gasteiger partial charge in [-0.3, -0.25) is 0 Å². The highest BCUT2D eigenvalue weighted by Crippen LogP contribution is 2.14. The van der Waals surface area contributed by atoms with Crippen molar-refractivity contribution >= 4 is 24.5 Å². The van der Waals surface area contributed by atoms with Gasteiger partial charge in [-0.1, -0.05) is 84.5 Å². The van der Waals surface area contributed by atoms with Crippen LogP contribution in [0.4, 0.5) is 11.9 Å². The number of unbranched alkanes of at least 4 members (excludes halogenated alkanes) is 11. The molecule has 1 rings (SSSR count). The largest absolute Gasteiger partial charge is 0.354 e. The van der Waals surface area contributed by atoms with Gasteiger partial charge in [0.1, 0.15) is 0 Å². The minimum absolute atomic E-state index is 0.297. The van der Waals surface area contributed by atoms with Gasteiger partial charge in [-0.25, -0.2) is 0 Å². The van der Waals surface area contributed by atoms with E-state index in [1.165, 1.54) is 70.6 Å². The van der Waals surface area contributed by atoms with Crippen molar-refractivity contribution in [1.29, 1.82) is 0 Å². The summed E-state index contributed by atoms with van der Waals surface area (Å²) in [6.45, 7) is 7.69. The normalized spacial score (nSPS) is 12.1. The van der Waals surface area contributed by atoms with Crippen molar-refractivity contribution in [1.82, 2.24) is 15.0 Å². The summed E-state index contributed by atoms with van der Waals surface area (Å²) in [4.78, 5) is 13.3. The summed E-state index contributed by atoms with van der Waals surface area (Å²) in [5, 5.41) is 6.48. The molecule has 4 N–H and O–H groups in total. The molecule has 0 aliphatic rings. The zero-order valence-electron chi connectivity index (χ0n) is 18.5. The van der Waals surface area contributed by atoms with E-state index in [-0.39, 0.29) is 6.04 Å². The van der Waals surface area contributed by atoms with E-state index in [1.54, 1.807) is 0 Å². The highest BCUT2D eigenvalue weighted by atomic mass is 32.1. The van der Waals surface area contributed by atoms with E-state index in [9.17, 15) is 0 Å². The summed E-state index contributed by atoms with van der Waals surface area (Å²) >= 11 is 4.25. The van der Waals surface area contributed by atoms with Gasteiger partial charge in [0.25, 0.3) is 0 Å². The van der Waals surface area contributed by atoms with E-state index < -0.39 is 0 Å². The van der Waals surface area contributed by atoms with Gasteiger partial charge in [0.15, 0.2) is 5.82 Å². The smallest absolute Gasteiger partial charge is 0.227 e. The molecule has 1 radical (unpaired) electrons. The molecular weight excluding hydrogens is 380 g/mol. The molecular formula is C22H43N6S. The molecule has 0 aromatic carbocycles. The van der Waals surface area contributed by atoms with Crippen LogP contribution in [0.15, 0.2) is 0 Å². The number of thiol groups is 1. The zero-order valence-corrected chi connectivity index (χ0v) is 19.4. The van der Waals surface area contributed by atoms with Gasteiger partial charge in [0.05, 0.1) is 6.04 Å². The van der Waals surface area contributed by atoms with Crippen molar-refractivity contribution in [3.8, 4) is 0 Å². The highest BCUT2D eigenvalue weighted by Gasteiger charge is 2.12. The number of nitrogens with zero attached hydrogens (tertiary/aromatic N) is 3. The third-order valence-electron chi connectivity index (χ3n) is 4.95. The first kappa shape index (κ1) is 26.0. The molecule has 0 aliphatic carbocycles. The molecule has 0 amide bonds. The van der Waals surface area contributed by atoms with Crippen molar-refractivity contribution < 1.29 is 0 Å². The van der Waals surface area contributed by atoms with Crippen molar-refractivity contribution in [3.05, 3.63) is 12.7 Å². The van der Waals surface area contributed by atoms with Gasteiger partial charge >= 0.3 is 0 Å². The summed E-state index contributed by atoms with van der Waals surface area (Å²) in [7, 11) is 0. The van der Waals surface area contributed by atoms with Crippen LogP contribution in [0.25, 0.3) is 0 Å². The Hall–Kier alpha value is -1.08. The van der Waals surface area contributed by atoms with Crippen LogP contribution in [0.2, 0.25) is 0 Å². The van der Waals surface area contributed by atoms with Crippen LogP contribution in [-0.2, 0) is 0 Å². The second-order valence-corrected chi connectivity index (χ2v) is 8.09. The average molecular weight is 424 g/mol. The Balaban J connectivity index is 2.17. The predicted molar refractivity (Wildman–Crippen MR) is 129 cm³/mol. The number of rotatable bonds is 19. The van der Waals surface area contributed by atoms with E-state index in [1.807, 2.05) is 0 Å². The molecule has 1 aromatic rings. The summed E-state index contributed by atoms with van der Waals surface area (Å²) in [5.41, 5.74) is 6.04. The maximum absolute atomic E-state index is 6.04. The number of nitrogens with one attached hydrogen (secondary N) is 2. The van der Waals surface area contributed by atoms with Crippen molar-refractivity contribution in [2.24, 2.45) is 5.73 Å². The lowest BCUT2D eigenvalue weighted by atomic mass is 10.1. The molecule has 7 heteroatoms. The van der Waals surface area contributed by atoms with Crippen LogP contribution in [0.5, 0.6) is 0 Å². The van der Waals surface area contributed by atoms with E-state index in [0.29, 0.717) is 23.5 Å². The molecule has 0 saturated heterocycles. The molecule has 0 fully saturated rings. The van der Waals surface area contributed by atoms with Crippen molar-refractivity contribution in [2.75, 3.05) is 29.5 Å². The van der Waals surface area contributed by atoms with Gasteiger partial charge < -0.3 is 16.4 Å².